The van der Waals surface area contributed by atoms with Crippen LogP contribution in [-0.2, 0) is 0 Å². The zero-order chi connectivity index (χ0) is 25.8. The van der Waals surface area contributed by atoms with Crippen LogP contribution < -0.4 is 4.90 Å². The van der Waals surface area contributed by atoms with Crippen molar-refractivity contribution >= 4 is 60.8 Å². The number of hydrogen-bond donors (Lipinski definition) is 0. The predicted molar refractivity (Wildman–Crippen MR) is 162 cm³/mol. The number of halogens is 2. The number of carbonyl (C=O) groups is 1. The summed E-state index contributed by atoms with van der Waals surface area (Å²) in [7, 11) is 0. The second-order valence-corrected chi connectivity index (χ2v) is 10.3. The topological polar surface area (TPSA) is 20.3 Å². The molecular formula is C33H23Br2NO. The Morgan fingerprint density at radius 2 is 1.19 bits per heavy atom. The van der Waals surface area contributed by atoms with E-state index in [1.165, 1.54) is 0 Å². The fourth-order valence-corrected chi connectivity index (χ4v) is 4.90. The van der Waals surface area contributed by atoms with Gasteiger partial charge in [-0.3, -0.25) is 4.79 Å². The molecule has 0 N–H and O–H groups in total. The lowest BCUT2D eigenvalue weighted by Gasteiger charge is -2.28. The Morgan fingerprint density at radius 3 is 1.78 bits per heavy atom. The number of rotatable bonds is 7. The standard InChI is InChI=1S/C33H23Br2NO/c1-2-23-12-13-25(33(37)24-8-4-3-5-9-24)22-31(23)30-10-6-7-11-32(30)36(28-18-14-26(34)15-19-28)29-20-16-27(35)17-21-29/h2-22H,1H2. The van der Waals surface area contributed by atoms with Crippen LogP contribution in [0.1, 0.15) is 21.5 Å². The van der Waals surface area contributed by atoms with E-state index in [0.717, 1.165) is 42.7 Å². The van der Waals surface area contributed by atoms with Crippen LogP contribution in [-0.4, -0.2) is 5.78 Å². The van der Waals surface area contributed by atoms with Crippen LogP contribution >= 0.6 is 31.9 Å². The van der Waals surface area contributed by atoms with Crippen molar-refractivity contribution in [1.82, 2.24) is 0 Å². The molecule has 0 aromatic heterocycles. The van der Waals surface area contributed by atoms with Gasteiger partial charge in [0.05, 0.1) is 5.69 Å². The Hall–Kier alpha value is -3.73. The first-order valence-electron chi connectivity index (χ1n) is 11.8. The number of anilines is 3. The lowest BCUT2D eigenvalue weighted by atomic mass is 9.92. The molecule has 5 aromatic carbocycles. The molecule has 0 bridgehead atoms. The van der Waals surface area contributed by atoms with Crippen molar-refractivity contribution in [3.63, 3.8) is 0 Å². The number of nitrogens with zero attached hydrogens (tertiary/aromatic N) is 1. The summed E-state index contributed by atoms with van der Waals surface area (Å²) in [4.78, 5) is 15.5. The molecule has 0 saturated heterocycles. The van der Waals surface area contributed by atoms with E-state index < -0.39 is 0 Å². The molecule has 0 heterocycles. The van der Waals surface area contributed by atoms with E-state index in [9.17, 15) is 4.79 Å². The highest BCUT2D eigenvalue weighted by Gasteiger charge is 2.19. The molecule has 0 radical (unpaired) electrons. The normalized spacial score (nSPS) is 10.6. The van der Waals surface area contributed by atoms with Gasteiger partial charge in [0.25, 0.3) is 0 Å². The molecule has 0 aliphatic carbocycles. The fourth-order valence-electron chi connectivity index (χ4n) is 4.37. The van der Waals surface area contributed by atoms with Gasteiger partial charge in [0.2, 0.25) is 0 Å². The Morgan fingerprint density at radius 1 is 0.622 bits per heavy atom. The minimum Gasteiger partial charge on any atom is -0.310 e. The van der Waals surface area contributed by atoms with Gasteiger partial charge in [0.15, 0.2) is 5.78 Å². The lowest BCUT2D eigenvalue weighted by Crippen LogP contribution is -2.11. The molecule has 5 aromatic rings. The summed E-state index contributed by atoms with van der Waals surface area (Å²) in [5.74, 6) is -0.00683. The average Bonchev–Trinajstić information content (AvgIpc) is 2.95. The first-order chi connectivity index (χ1) is 18.0. The summed E-state index contributed by atoms with van der Waals surface area (Å²) in [6.07, 6.45) is 1.84. The Kier molecular flexibility index (Phi) is 7.50. The first-order valence-corrected chi connectivity index (χ1v) is 13.4. The fraction of sp³-hybridized carbons (Fsp3) is 0. The van der Waals surface area contributed by atoms with Crippen molar-refractivity contribution in [3.05, 3.63) is 154 Å². The third-order valence-electron chi connectivity index (χ3n) is 6.18. The number of ketones is 1. The zero-order valence-corrected chi connectivity index (χ0v) is 23.1. The Bertz CT molecular complexity index is 1510. The van der Waals surface area contributed by atoms with Crippen LogP contribution in [0.3, 0.4) is 0 Å². The highest BCUT2D eigenvalue weighted by molar-refractivity contribution is 9.10. The summed E-state index contributed by atoms with van der Waals surface area (Å²) in [6, 6.07) is 40.0. The van der Waals surface area contributed by atoms with Gasteiger partial charge in [-0.1, -0.05) is 105 Å². The Balaban J connectivity index is 1.70. The van der Waals surface area contributed by atoms with Gasteiger partial charge in [-0.05, 0) is 71.8 Å². The number of benzene rings is 5. The zero-order valence-electron chi connectivity index (χ0n) is 19.9. The summed E-state index contributed by atoms with van der Waals surface area (Å²) in [5, 5.41) is 0. The quantitative estimate of drug-likeness (QED) is 0.171. The monoisotopic (exact) mass is 607 g/mol. The molecule has 0 aliphatic rings. The second kappa shape index (κ2) is 11.1. The molecular weight excluding hydrogens is 586 g/mol. The van der Waals surface area contributed by atoms with E-state index in [4.69, 9.17) is 0 Å². The minimum absolute atomic E-state index is 0.00683. The smallest absolute Gasteiger partial charge is 0.193 e. The van der Waals surface area contributed by atoms with E-state index in [1.807, 2.05) is 91.0 Å². The van der Waals surface area contributed by atoms with Crippen LogP contribution in [0.15, 0.2) is 137 Å². The van der Waals surface area contributed by atoms with Gasteiger partial charge < -0.3 is 4.90 Å². The van der Waals surface area contributed by atoms with Crippen molar-refractivity contribution in [2.75, 3.05) is 4.90 Å². The van der Waals surface area contributed by atoms with Gasteiger partial charge in [-0.2, -0.15) is 0 Å². The molecule has 0 aliphatic heterocycles. The average molecular weight is 609 g/mol. The molecule has 0 amide bonds. The first kappa shape index (κ1) is 24.9. The molecule has 0 fully saturated rings. The van der Waals surface area contributed by atoms with Crippen LogP contribution in [0.2, 0.25) is 0 Å². The lowest BCUT2D eigenvalue weighted by molar-refractivity contribution is 0.103. The SMILES string of the molecule is C=Cc1ccc(C(=O)c2ccccc2)cc1-c1ccccc1N(c1ccc(Br)cc1)c1ccc(Br)cc1. The third kappa shape index (κ3) is 5.36. The van der Waals surface area contributed by atoms with E-state index in [0.29, 0.717) is 11.1 Å². The maximum Gasteiger partial charge on any atom is 0.193 e. The van der Waals surface area contributed by atoms with Gasteiger partial charge in [0, 0.05) is 37.0 Å². The number of hydrogen-bond acceptors (Lipinski definition) is 2. The molecule has 180 valence electrons. The maximum atomic E-state index is 13.3. The molecule has 2 nitrogen and oxygen atoms in total. The van der Waals surface area contributed by atoms with Gasteiger partial charge in [-0.25, -0.2) is 0 Å². The van der Waals surface area contributed by atoms with Crippen molar-refractivity contribution in [2.24, 2.45) is 0 Å². The molecule has 5 rings (SSSR count). The minimum atomic E-state index is -0.00683. The summed E-state index contributed by atoms with van der Waals surface area (Å²) in [6.45, 7) is 4.05. The highest BCUT2D eigenvalue weighted by Crippen LogP contribution is 2.42. The molecule has 4 heteroatoms. The summed E-state index contributed by atoms with van der Waals surface area (Å²) in [5.41, 5.74) is 7.27. The summed E-state index contributed by atoms with van der Waals surface area (Å²) < 4.78 is 2.03. The van der Waals surface area contributed by atoms with Crippen LogP contribution in [0, 0.1) is 0 Å². The third-order valence-corrected chi connectivity index (χ3v) is 7.23. The van der Waals surface area contributed by atoms with Gasteiger partial charge >= 0.3 is 0 Å². The van der Waals surface area contributed by atoms with Crippen molar-refractivity contribution in [2.45, 2.75) is 0 Å². The van der Waals surface area contributed by atoms with E-state index in [-0.39, 0.29) is 5.78 Å². The highest BCUT2D eigenvalue weighted by atomic mass is 79.9. The molecule has 0 spiro atoms. The van der Waals surface area contributed by atoms with Gasteiger partial charge in [-0.15, -0.1) is 0 Å². The Labute approximate surface area is 234 Å². The summed E-state index contributed by atoms with van der Waals surface area (Å²) >= 11 is 7.12. The van der Waals surface area contributed by atoms with E-state index in [1.54, 1.807) is 0 Å². The molecule has 0 saturated carbocycles. The van der Waals surface area contributed by atoms with Crippen molar-refractivity contribution in [1.29, 1.82) is 0 Å². The van der Waals surface area contributed by atoms with Gasteiger partial charge in [0.1, 0.15) is 0 Å². The van der Waals surface area contributed by atoms with Crippen LogP contribution in [0.25, 0.3) is 17.2 Å². The van der Waals surface area contributed by atoms with Crippen LogP contribution in [0.5, 0.6) is 0 Å². The predicted octanol–water partition coefficient (Wildman–Crippen LogP) is 10.2. The van der Waals surface area contributed by atoms with Crippen molar-refractivity contribution in [3.8, 4) is 11.1 Å². The second-order valence-electron chi connectivity index (χ2n) is 8.51. The largest absolute Gasteiger partial charge is 0.310 e. The molecule has 37 heavy (non-hydrogen) atoms. The van der Waals surface area contributed by atoms with E-state index >= 15 is 0 Å². The molecule has 0 atom stereocenters. The van der Waals surface area contributed by atoms with E-state index in [2.05, 4.69) is 79.7 Å². The maximum absolute atomic E-state index is 13.3. The van der Waals surface area contributed by atoms with Crippen LogP contribution in [0.4, 0.5) is 17.1 Å². The molecule has 0 unspecified atom stereocenters. The number of para-hydroxylation sites is 1. The van der Waals surface area contributed by atoms with Crippen molar-refractivity contribution < 1.29 is 4.79 Å². The number of carbonyl (C=O) groups excluding carboxylic acids is 1.